The molecule has 0 bridgehead atoms. The minimum Gasteiger partial charge on any atom is -0.309 e. The molecule has 106 valence electrons. The molecule has 1 N–H and O–H groups in total. The molecule has 4 nitrogen and oxygen atoms in total. The maximum atomic E-state index is 13.9. The van der Waals surface area contributed by atoms with E-state index in [1.165, 1.54) is 35.3 Å². The van der Waals surface area contributed by atoms with E-state index < -0.39 is 17.7 Å². The molecule has 0 aliphatic heterocycles. The average molecular weight is 279 g/mol. The van der Waals surface area contributed by atoms with E-state index >= 15 is 0 Å². The van der Waals surface area contributed by atoms with Gasteiger partial charge in [-0.05, 0) is 12.6 Å². The summed E-state index contributed by atoms with van der Waals surface area (Å²) in [6, 6.07) is 4.85. The van der Waals surface area contributed by atoms with Crippen molar-refractivity contribution >= 4 is 0 Å². The first-order chi connectivity index (χ1) is 9.63. The molecule has 0 aliphatic carbocycles. The summed E-state index contributed by atoms with van der Waals surface area (Å²) < 4.78 is 28.5. The van der Waals surface area contributed by atoms with Crippen LogP contribution in [0.2, 0.25) is 0 Å². The smallest absolute Gasteiger partial charge is 0.253 e. The molecule has 2 aromatic rings. The summed E-state index contributed by atoms with van der Waals surface area (Å²) in [5, 5.41) is 3.05. The Labute approximate surface area is 115 Å². The van der Waals surface area contributed by atoms with Gasteiger partial charge in [0.2, 0.25) is 0 Å². The predicted octanol–water partition coefficient (Wildman–Crippen LogP) is 1.87. The Morgan fingerprint density at radius 3 is 2.85 bits per heavy atom. The SMILES string of the molecule is CCNC(Cn1cnccc1=O)c1cccc(F)c1F. The van der Waals surface area contributed by atoms with Crippen LogP contribution < -0.4 is 10.9 Å². The van der Waals surface area contributed by atoms with Gasteiger partial charge in [-0.15, -0.1) is 0 Å². The van der Waals surface area contributed by atoms with Crippen LogP contribution >= 0.6 is 0 Å². The fourth-order valence-corrected chi connectivity index (χ4v) is 2.02. The van der Waals surface area contributed by atoms with Crippen molar-refractivity contribution in [3.05, 3.63) is 64.3 Å². The normalized spacial score (nSPS) is 12.3. The first-order valence-corrected chi connectivity index (χ1v) is 6.31. The van der Waals surface area contributed by atoms with E-state index in [-0.39, 0.29) is 17.7 Å². The van der Waals surface area contributed by atoms with Crippen LogP contribution in [0.25, 0.3) is 0 Å². The number of rotatable bonds is 5. The Morgan fingerprint density at radius 2 is 2.15 bits per heavy atom. The predicted molar refractivity (Wildman–Crippen MR) is 71.3 cm³/mol. The van der Waals surface area contributed by atoms with E-state index in [1.807, 2.05) is 6.92 Å². The third kappa shape index (κ3) is 3.08. The number of nitrogens with zero attached hydrogens (tertiary/aromatic N) is 2. The van der Waals surface area contributed by atoms with Crippen LogP contribution in [-0.2, 0) is 6.54 Å². The van der Waals surface area contributed by atoms with Gasteiger partial charge >= 0.3 is 0 Å². The Morgan fingerprint density at radius 1 is 1.35 bits per heavy atom. The van der Waals surface area contributed by atoms with Crippen molar-refractivity contribution < 1.29 is 8.78 Å². The van der Waals surface area contributed by atoms with Crippen molar-refractivity contribution in [2.75, 3.05) is 6.54 Å². The summed E-state index contributed by atoms with van der Waals surface area (Å²) in [7, 11) is 0. The van der Waals surface area contributed by atoms with Crippen LogP contribution in [0.3, 0.4) is 0 Å². The minimum absolute atomic E-state index is 0.181. The number of likely N-dealkylation sites (N-methyl/N-ethyl adjacent to an activating group) is 1. The zero-order valence-electron chi connectivity index (χ0n) is 11.0. The van der Waals surface area contributed by atoms with E-state index in [4.69, 9.17) is 0 Å². The topological polar surface area (TPSA) is 46.9 Å². The highest BCUT2D eigenvalue weighted by Crippen LogP contribution is 2.20. The van der Waals surface area contributed by atoms with Crippen molar-refractivity contribution in [1.82, 2.24) is 14.9 Å². The Bertz CT molecular complexity index is 642. The van der Waals surface area contributed by atoms with Gasteiger partial charge in [0.15, 0.2) is 11.6 Å². The van der Waals surface area contributed by atoms with Gasteiger partial charge in [0.05, 0.1) is 12.4 Å². The molecule has 0 amide bonds. The number of nitrogens with one attached hydrogen (secondary N) is 1. The lowest BCUT2D eigenvalue weighted by molar-refractivity contribution is 0.426. The van der Waals surface area contributed by atoms with Crippen LogP contribution in [-0.4, -0.2) is 16.1 Å². The molecule has 6 heteroatoms. The molecule has 1 aromatic heterocycles. The second kappa shape index (κ2) is 6.38. The third-order valence-corrected chi connectivity index (χ3v) is 2.98. The van der Waals surface area contributed by atoms with Crippen molar-refractivity contribution in [3.63, 3.8) is 0 Å². The Balaban J connectivity index is 2.34. The third-order valence-electron chi connectivity index (χ3n) is 2.98. The molecular weight excluding hydrogens is 264 g/mol. The van der Waals surface area contributed by atoms with Crippen molar-refractivity contribution in [2.45, 2.75) is 19.5 Å². The highest BCUT2D eigenvalue weighted by Gasteiger charge is 2.18. The molecule has 0 fully saturated rings. The second-order valence-electron chi connectivity index (χ2n) is 4.32. The first kappa shape index (κ1) is 14.3. The standard InChI is InChI=1S/C14H15F2N3O/c1-2-18-12(8-19-9-17-7-6-13(19)20)10-4-3-5-11(15)14(10)16/h3-7,9,12,18H,2,8H2,1H3. The van der Waals surface area contributed by atoms with Gasteiger partial charge in [0.1, 0.15) is 0 Å². The van der Waals surface area contributed by atoms with Gasteiger partial charge in [-0.1, -0.05) is 19.1 Å². The number of aromatic nitrogens is 2. The van der Waals surface area contributed by atoms with E-state index in [2.05, 4.69) is 10.3 Å². The molecule has 1 aromatic carbocycles. The second-order valence-corrected chi connectivity index (χ2v) is 4.32. The lowest BCUT2D eigenvalue weighted by atomic mass is 10.1. The fraction of sp³-hybridized carbons (Fsp3) is 0.286. The average Bonchev–Trinajstić information content (AvgIpc) is 2.44. The molecule has 1 unspecified atom stereocenters. The summed E-state index contributed by atoms with van der Waals surface area (Å²) in [5.41, 5.74) is -0.0395. The zero-order chi connectivity index (χ0) is 14.5. The zero-order valence-corrected chi connectivity index (χ0v) is 11.0. The molecular formula is C14H15F2N3O. The van der Waals surface area contributed by atoms with Gasteiger partial charge in [0, 0.05) is 24.4 Å². The lowest BCUT2D eigenvalue weighted by Crippen LogP contribution is -2.31. The van der Waals surface area contributed by atoms with Gasteiger partial charge in [-0.2, -0.15) is 0 Å². The monoisotopic (exact) mass is 279 g/mol. The van der Waals surface area contributed by atoms with Crippen molar-refractivity contribution in [2.24, 2.45) is 0 Å². The van der Waals surface area contributed by atoms with E-state index in [9.17, 15) is 13.6 Å². The molecule has 1 heterocycles. The van der Waals surface area contributed by atoms with E-state index in [1.54, 1.807) is 0 Å². The van der Waals surface area contributed by atoms with E-state index in [0.29, 0.717) is 6.54 Å². The lowest BCUT2D eigenvalue weighted by Gasteiger charge is -2.20. The molecule has 2 rings (SSSR count). The molecule has 0 radical (unpaired) electrons. The molecule has 0 saturated heterocycles. The summed E-state index contributed by atoms with van der Waals surface area (Å²) >= 11 is 0. The number of benzene rings is 1. The summed E-state index contributed by atoms with van der Waals surface area (Å²) in [5.74, 6) is -1.79. The fourth-order valence-electron chi connectivity index (χ4n) is 2.02. The maximum Gasteiger partial charge on any atom is 0.253 e. The molecule has 0 aliphatic rings. The van der Waals surface area contributed by atoms with Gasteiger partial charge < -0.3 is 5.32 Å². The molecule has 20 heavy (non-hydrogen) atoms. The largest absolute Gasteiger partial charge is 0.309 e. The molecule has 0 spiro atoms. The first-order valence-electron chi connectivity index (χ1n) is 6.31. The summed E-state index contributed by atoms with van der Waals surface area (Å²) in [4.78, 5) is 15.5. The van der Waals surface area contributed by atoms with Crippen LogP contribution in [0.1, 0.15) is 18.5 Å². The number of hydrogen-bond donors (Lipinski definition) is 1. The molecule has 0 saturated carbocycles. The Kier molecular flexibility index (Phi) is 4.57. The van der Waals surface area contributed by atoms with Crippen LogP contribution in [0.4, 0.5) is 8.78 Å². The number of hydrogen-bond acceptors (Lipinski definition) is 3. The quantitative estimate of drug-likeness (QED) is 0.909. The van der Waals surface area contributed by atoms with Crippen LogP contribution in [0.5, 0.6) is 0 Å². The minimum atomic E-state index is -0.899. The number of halogens is 2. The maximum absolute atomic E-state index is 13.9. The van der Waals surface area contributed by atoms with Crippen molar-refractivity contribution in [3.8, 4) is 0 Å². The highest BCUT2D eigenvalue weighted by molar-refractivity contribution is 5.22. The van der Waals surface area contributed by atoms with Crippen LogP contribution in [0.15, 0.2) is 41.6 Å². The summed E-state index contributed by atoms with van der Waals surface area (Å²) in [6.07, 6.45) is 2.77. The molecule has 1 atom stereocenters. The van der Waals surface area contributed by atoms with Crippen molar-refractivity contribution in [1.29, 1.82) is 0 Å². The van der Waals surface area contributed by atoms with Gasteiger partial charge in [0.25, 0.3) is 5.56 Å². The van der Waals surface area contributed by atoms with E-state index in [0.717, 1.165) is 6.07 Å². The van der Waals surface area contributed by atoms with Crippen LogP contribution in [0, 0.1) is 11.6 Å². The summed E-state index contributed by atoms with van der Waals surface area (Å²) in [6.45, 7) is 2.60. The van der Waals surface area contributed by atoms with Gasteiger partial charge in [-0.25, -0.2) is 13.8 Å². The van der Waals surface area contributed by atoms with Gasteiger partial charge in [-0.3, -0.25) is 9.36 Å². The highest BCUT2D eigenvalue weighted by atomic mass is 19.2. The Hall–Kier alpha value is -2.08.